The zero-order valence-electron chi connectivity index (χ0n) is 40.4. The van der Waals surface area contributed by atoms with Crippen molar-refractivity contribution < 1.29 is 44.5 Å². The first-order chi connectivity index (χ1) is 30.5. The van der Waals surface area contributed by atoms with Crippen LogP contribution in [-0.2, 0) is 44.6 Å². The molecule has 5 N–H and O–H groups in total. The van der Waals surface area contributed by atoms with Gasteiger partial charge >= 0.3 is 0 Å². The summed E-state index contributed by atoms with van der Waals surface area (Å²) in [7, 11) is 0. The highest BCUT2D eigenvalue weighted by Crippen LogP contribution is 2.73. The molecule has 65 heavy (non-hydrogen) atoms. The minimum Gasteiger partial charge on any atom is -0.393 e. The van der Waals surface area contributed by atoms with Crippen molar-refractivity contribution in [1.82, 2.24) is 9.97 Å². The molecule has 5 heterocycles. The van der Waals surface area contributed by atoms with E-state index in [1.807, 2.05) is 13.8 Å². The van der Waals surface area contributed by atoms with Crippen LogP contribution in [0.4, 0.5) is 0 Å². The van der Waals surface area contributed by atoms with E-state index in [-0.39, 0.29) is 64.6 Å². The van der Waals surface area contributed by atoms with E-state index < -0.39 is 58.5 Å². The van der Waals surface area contributed by atoms with Gasteiger partial charge in [-0.2, -0.15) is 0 Å². The minimum atomic E-state index is -1.48. The van der Waals surface area contributed by atoms with Crippen LogP contribution in [0, 0.1) is 74.9 Å². The predicted octanol–water partition coefficient (Wildman–Crippen LogP) is 6.32. The summed E-state index contributed by atoms with van der Waals surface area (Å²) in [5.74, 6) is -0.110. The lowest BCUT2D eigenvalue weighted by Gasteiger charge is -2.61. The first-order valence-electron chi connectivity index (χ1n) is 26.0. The molecule has 4 saturated heterocycles. The van der Waals surface area contributed by atoms with Crippen LogP contribution in [0.15, 0.2) is 23.3 Å². The highest BCUT2D eigenvalue weighted by atomic mass is 16.7. The lowest BCUT2D eigenvalue weighted by atomic mass is 9.44. The van der Waals surface area contributed by atoms with Gasteiger partial charge in [0.25, 0.3) is 0 Å². The summed E-state index contributed by atoms with van der Waals surface area (Å²) < 4.78 is 26.7. The third kappa shape index (κ3) is 5.01. The summed E-state index contributed by atoms with van der Waals surface area (Å²) in [5, 5.41) is 59.4. The fourth-order valence-electron chi connectivity index (χ4n) is 19.4. The van der Waals surface area contributed by atoms with Crippen LogP contribution in [-0.4, -0.2) is 101 Å². The monoisotopic (exact) mass is 897 g/mol. The van der Waals surface area contributed by atoms with E-state index in [4.69, 9.17) is 28.9 Å². The molecule has 8 aliphatic carbocycles. The fourth-order valence-corrected chi connectivity index (χ4v) is 19.4. The number of aromatic nitrogens is 2. The molecule has 4 aliphatic heterocycles. The Bertz CT molecular complexity index is 2320. The van der Waals surface area contributed by atoms with Gasteiger partial charge in [-0.3, -0.25) is 9.97 Å². The van der Waals surface area contributed by atoms with Crippen molar-refractivity contribution in [1.29, 1.82) is 0 Å². The molecular formula is C54H76N2O9. The Morgan fingerprint density at radius 2 is 1.29 bits per heavy atom. The van der Waals surface area contributed by atoms with Crippen molar-refractivity contribution in [3.05, 3.63) is 46.1 Å². The Morgan fingerprint density at radius 1 is 0.692 bits per heavy atom. The van der Waals surface area contributed by atoms with Gasteiger partial charge in [-0.25, -0.2) is 0 Å². The van der Waals surface area contributed by atoms with Gasteiger partial charge in [0.15, 0.2) is 5.79 Å². The van der Waals surface area contributed by atoms with Crippen molar-refractivity contribution >= 4 is 0 Å². The summed E-state index contributed by atoms with van der Waals surface area (Å²) in [6.07, 6.45) is 13.0. The molecule has 356 valence electrons. The Kier molecular flexibility index (Phi) is 8.60. The van der Waals surface area contributed by atoms with Gasteiger partial charge in [0, 0.05) is 41.4 Å². The molecule has 12 unspecified atom stereocenters. The Hall–Kier alpha value is -1.80. The predicted molar refractivity (Wildman–Crippen MR) is 240 cm³/mol. The number of ether oxygens (including phenoxy) is 4. The van der Waals surface area contributed by atoms with Gasteiger partial charge in [-0.1, -0.05) is 64.8 Å². The maximum atomic E-state index is 12.9. The molecule has 0 aromatic carbocycles. The lowest BCUT2D eigenvalue weighted by Crippen LogP contribution is -2.65. The highest BCUT2D eigenvalue weighted by Gasteiger charge is 2.79. The van der Waals surface area contributed by atoms with Crippen molar-refractivity contribution in [3.8, 4) is 0 Å². The summed E-state index contributed by atoms with van der Waals surface area (Å²) in [6, 6.07) is 0. The molecule has 0 bridgehead atoms. The number of aliphatic hydroxyl groups excluding tert-OH is 4. The molecule has 4 saturated carbocycles. The molecule has 2 spiro atoms. The van der Waals surface area contributed by atoms with E-state index in [1.54, 1.807) is 6.92 Å². The van der Waals surface area contributed by atoms with E-state index in [1.165, 1.54) is 22.7 Å². The quantitative estimate of drug-likeness (QED) is 0.201. The molecular weight excluding hydrogens is 821 g/mol. The number of nitrogens with zero attached hydrogens (tertiary/aromatic N) is 2. The van der Waals surface area contributed by atoms with Gasteiger partial charge in [-0.05, 0) is 138 Å². The average Bonchev–Trinajstić information content (AvgIpc) is 4.00. The molecule has 12 aliphatic rings. The van der Waals surface area contributed by atoms with Crippen LogP contribution in [0.5, 0.6) is 0 Å². The first kappa shape index (κ1) is 43.2. The molecule has 0 radical (unpaired) electrons. The second-order valence-electron chi connectivity index (χ2n) is 26.3. The number of aliphatic hydroxyl groups is 5. The summed E-state index contributed by atoms with van der Waals surface area (Å²) in [6.45, 7) is 19.4. The molecule has 11 heteroatoms. The van der Waals surface area contributed by atoms with Crippen LogP contribution in [0.2, 0.25) is 0 Å². The Labute approximate surface area is 385 Å². The average molecular weight is 897 g/mol. The van der Waals surface area contributed by atoms with Gasteiger partial charge in [-0.15, -0.1) is 0 Å². The second kappa shape index (κ2) is 12.9. The summed E-state index contributed by atoms with van der Waals surface area (Å²) in [4.78, 5) is 11.2. The normalized spacial score (nSPS) is 58.4. The van der Waals surface area contributed by atoms with Crippen LogP contribution in [0.1, 0.15) is 143 Å². The Morgan fingerprint density at radius 3 is 1.86 bits per heavy atom. The van der Waals surface area contributed by atoms with E-state index >= 15 is 0 Å². The van der Waals surface area contributed by atoms with Crippen LogP contribution in [0.25, 0.3) is 0 Å². The maximum Gasteiger partial charge on any atom is 0.201 e. The Balaban J connectivity index is 0.769. The number of hydrogen-bond donors (Lipinski definition) is 5. The van der Waals surface area contributed by atoms with E-state index in [0.717, 1.165) is 81.9 Å². The van der Waals surface area contributed by atoms with Crippen molar-refractivity contribution in [2.75, 3.05) is 6.61 Å². The molecule has 22 atom stereocenters. The molecule has 1 aromatic heterocycles. The van der Waals surface area contributed by atoms with E-state index in [0.29, 0.717) is 30.1 Å². The van der Waals surface area contributed by atoms with E-state index in [9.17, 15) is 25.5 Å². The summed E-state index contributed by atoms with van der Waals surface area (Å²) >= 11 is 0. The van der Waals surface area contributed by atoms with Crippen LogP contribution < -0.4 is 0 Å². The van der Waals surface area contributed by atoms with Gasteiger partial charge in [0.1, 0.15) is 17.8 Å². The largest absolute Gasteiger partial charge is 0.393 e. The molecule has 11 nitrogen and oxygen atoms in total. The first-order valence-corrected chi connectivity index (χ1v) is 26.0. The zero-order valence-corrected chi connectivity index (χ0v) is 40.4. The summed E-state index contributed by atoms with van der Waals surface area (Å²) in [5.41, 5.74) is 3.25. The minimum absolute atomic E-state index is 0.0117. The highest BCUT2D eigenvalue weighted by molar-refractivity contribution is 5.44. The van der Waals surface area contributed by atoms with Gasteiger partial charge in [0.05, 0.1) is 58.9 Å². The smallest absolute Gasteiger partial charge is 0.201 e. The van der Waals surface area contributed by atoms with Crippen molar-refractivity contribution in [2.24, 2.45) is 74.9 Å². The van der Waals surface area contributed by atoms with Crippen molar-refractivity contribution in [2.45, 2.75) is 205 Å². The standard InChI is InChI=1S/C54H76N2O9/c1-26-45-40(62-52(26)15-14-46(3,4)64-52)18-34-30-12-10-28-16-36-38(22-48(28,6)32(30)19-41(58)50(34,45)8)55-37-17-29-11-13-31-33(49(29,7)23-39(37)56-36)20-42(59)51(9)35(31)21-44-53(51,61)27(2)54(63-44)43(60)24-47(5,25-57)65-54/h18,21,26-33,40-45,57-61H,10-17,19-20,22-25H2,1-9H3/t26-,27-,28?,29?,30?,31?,32?,33?,40?,41+,42+,43+,44?,45?,47-,48-,49-,50+,51+,52?,53?,54?/m0/s1. The van der Waals surface area contributed by atoms with Gasteiger partial charge < -0.3 is 44.5 Å². The number of rotatable bonds is 1. The fraction of sp³-hybridized carbons (Fsp3) is 0.852. The zero-order chi connectivity index (χ0) is 45.6. The third-order valence-electron chi connectivity index (χ3n) is 23.2. The SMILES string of the molecule is C[C@@H]1C2(OC3C=C4C5CCC6Cc7nc8c(nc7C[C@]6(C)C5C[C@@H](O)[C@]4(C)C31O)CC1CCC3C4=CC5OC6(CCC(C)(C)O6)[C@@H](C)C5[C@@]4(C)[C@H](O)CC3[C@@]1(C)C8)O[C@](C)(CO)C[C@H]2O. The molecule has 13 rings (SSSR count). The topological polar surface area (TPSA) is 164 Å². The maximum absolute atomic E-state index is 12.9. The number of fused-ring (bicyclic) bond motifs is 16. The lowest BCUT2D eigenvalue weighted by molar-refractivity contribution is -0.280. The van der Waals surface area contributed by atoms with Crippen LogP contribution in [0.3, 0.4) is 0 Å². The molecule has 8 fully saturated rings. The second-order valence-corrected chi connectivity index (χ2v) is 26.3. The number of hydrogen-bond acceptors (Lipinski definition) is 11. The molecule has 0 amide bonds. The third-order valence-corrected chi connectivity index (χ3v) is 23.2. The van der Waals surface area contributed by atoms with E-state index in [2.05, 4.69) is 53.7 Å². The van der Waals surface area contributed by atoms with Crippen molar-refractivity contribution in [3.63, 3.8) is 0 Å². The van der Waals surface area contributed by atoms with Gasteiger partial charge in [0.2, 0.25) is 5.79 Å². The van der Waals surface area contributed by atoms with Crippen LogP contribution >= 0.6 is 0 Å². The molecule has 1 aromatic rings.